The van der Waals surface area contributed by atoms with Crippen LogP contribution in [0.1, 0.15) is 36.8 Å². The van der Waals surface area contributed by atoms with Gasteiger partial charge in [0.1, 0.15) is 5.75 Å². The lowest BCUT2D eigenvalue weighted by molar-refractivity contribution is -0.274. The Balaban J connectivity index is 1.93. The zero-order valence-corrected chi connectivity index (χ0v) is 14.7. The topological polar surface area (TPSA) is 71.7 Å². The molecule has 26 heavy (non-hydrogen) atoms. The summed E-state index contributed by atoms with van der Waals surface area (Å²) >= 11 is 0. The number of hydrogen-bond donors (Lipinski definition) is 2. The number of alkyl halides is 3. The minimum Gasteiger partial charge on any atom is -0.405 e. The first kappa shape index (κ1) is 19.6. The second-order valence-corrected chi connectivity index (χ2v) is 5.81. The number of para-hydroxylation sites is 1. The third kappa shape index (κ3) is 5.98. The van der Waals surface area contributed by atoms with Gasteiger partial charge in [0.2, 0.25) is 0 Å². The molecule has 0 bridgehead atoms. The average Bonchev–Trinajstić information content (AvgIpc) is 3.04. The van der Waals surface area contributed by atoms with Gasteiger partial charge in [-0.25, -0.2) is 0 Å². The van der Waals surface area contributed by atoms with E-state index in [1.807, 2.05) is 19.9 Å². The van der Waals surface area contributed by atoms with E-state index < -0.39 is 6.36 Å². The highest BCUT2D eigenvalue weighted by molar-refractivity contribution is 5.79. The molecule has 0 aliphatic rings. The molecule has 0 aliphatic carbocycles. The second-order valence-electron chi connectivity index (χ2n) is 5.81. The summed E-state index contributed by atoms with van der Waals surface area (Å²) < 4.78 is 46.6. The van der Waals surface area contributed by atoms with Gasteiger partial charge in [-0.05, 0) is 12.0 Å². The van der Waals surface area contributed by atoms with Gasteiger partial charge >= 0.3 is 6.36 Å². The summed E-state index contributed by atoms with van der Waals surface area (Å²) in [6.45, 7) is 4.48. The lowest BCUT2D eigenvalue weighted by Crippen LogP contribution is -2.36. The van der Waals surface area contributed by atoms with Gasteiger partial charge in [0.05, 0.1) is 12.2 Å². The molecule has 0 unspecified atom stereocenters. The fraction of sp³-hybridized carbons (Fsp3) is 0.412. The first-order valence-corrected chi connectivity index (χ1v) is 8.02. The molecule has 0 saturated carbocycles. The van der Waals surface area contributed by atoms with Crippen molar-refractivity contribution in [1.29, 1.82) is 0 Å². The molecular formula is C17H21F3N4O2. The molecule has 1 aromatic carbocycles. The van der Waals surface area contributed by atoms with Crippen molar-refractivity contribution in [2.45, 2.75) is 39.2 Å². The Morgan fingerprint density at radius 3 is 2.54 bits per heavy atom. The van der Waals surface area contributed by atoms with Crippen LogP contribution >= 0.6 is 0 Å². The molecule has 1 heterocycles. The van der Waals surface area contributed by atoms with Gasteiger partial charge in [-0.2, -0.15) is 0 Å². The number of guanidine groups is 1. The van der Waals surface area contributed by atoms with Crippen LogP contribution in [0.5, 0.6) is 5.75 Å². The molecule has 0 fully saturated rings. The zero-order chi connectivity index (χ0) is 19.2. The number of ether oxygens (including phenoxy) is 1. The quantitative estimate of drug-likeness (QED) is 0.601. The van der Waals surface area contributed by atoms with E-state index in [-0.39, 0.29) is 18.2 Å². The Bertz CT molecular complexity index is 742. The van der Waals surface area contributed by atoms with Gasteiger partial charge in [0.15, 0.2) is 11.7 Å². The van der Waals surface area contributed by atoms with Gasteiger partial charge < -0.3 is 19.9 Å². The van der Waals surface area contributed by atoms with Crippen molar-refractivity contribution >= 4 is 5.96 Å². The minimum atomic E-state index is -4.74. The van der Waals surface area contributed by atoms with E-state index >= 15 is 0 Å². The Kier molecular flexibility index (Phi) is 6.48. The van der Waals surface area contributed by atoms with Crippen molar-refractivity contribution in [2.75, 3.05) is 7.05 Å². The van der Waals surface area contributed by atoms with Crippen LogP contribution in [-0.2, 0) is 13.1 Å². The average molecular weight is 370 g/mol. The van der Waals surface area contributed by atoms with Crippen molar-refractivity contribution in [3.63, 3.8) is 0 Å². The maximum Gasteiger partial charge on any atom is 0.573 e. The normalized spacial score (nSPS) is 12.3. The predicted octanol–water partition coefficient (Wildman–Crippen LogP) is 3.56. The van der Waals surface area contributed by atoms with E-state index in [1.165, 1.54) is 12.1 Å². The van der Waals surface area contributed by atoms with Crippen molar-refractivity contribution in [3.8, 4) is 5.75 Å². The Labute approximate surface area is 149 Å². The van der Waals surface area contributed by atoms with Crippen LogP contribution in [0.25, 0.3) is 0 Å². The number of nitrogens with zero attached hydrogens (tertiary/aromatic N) is 2. The van der Waals surface area contributed by atoms with Gasteiger partial charge in [-0.3, -0.25) is 4.99 Å². The van der Waals surface area contributed by atoms with Crippen LogP contribution in [0.2, 0.25) is 0 Å². The maximum atomic E-state index is 12.5. The number of benzene rings is 1. The number of rotatable bonds is 6. The Morgan fingerprint density at radius 2 is 1.92 bits per heavy atom. The molecule has 1 aromatic heterocycles. The molecule has 2 aromatic rings. The SMILES string of the molecule is CN=C(NCc1cc(C(C)C)no1)NCc1ccccc1OC(F)(F)F. The molecule has 2 N–H and O–H groups in total. The monoisotopic (exact) mass is 370 g/mol. The highest BCUT2D eigenvalue weighted by atomic mass is 19.4. The molecule has 2 rings (SSSR count). The summed E-state index contributed by atoms with van der Waals surface area (Å²) in [5.74, 6) is 1.06. The van der Waals surface area contributed by atoms with E-state index in [1.54, 1.807) is 19.2 Å². The van der Waals surface area contributed by atoms with E-state index in [2.05, 4.69) is 25.5 Å². The van der Waals surface area contributed by atoms with E-state index in [4.69, 9.17) is 4.52 Å². The lowest BCUT2D eigenvalue weighted by atomic mass is 10.1. The van der Waals surface area contributed by atoms with Crippen molar-refractivity contribution < 1.29 is 22.4 Å². The molecular weight excluding hydrogens is 349 g/mol. The Hall–Kier alpha value is -2.71. The third-order valence-corrected chi connectivity index (χ3v) is 3.47. The van der Waals surface area contributed by atoms with Crippen LogP contribution in [0.3, 0.4) is 0 Å². The van der Waals surface area contributed by atoms with Crippen LogP contribution in [0.15, 0.2) is 39.8 Å². The molecule has 0 aliphatic heterocycles. The van der Waals surface area contributed by atoms with E-state index in [0.717, 1.165) is 5.69 Å². The summed E-state index contributed by atoms with van der Waals surface area (Å²) in [6.07, 6.45) is -4.74. The summed E-state index contributed by atoms with van der Waals surface area (Å²) in [5, 5.41) is 9.92. The molecule has 0 amide bonds. The summed E-state index contributed by atoms with van der Waals surface area (Å²) in [5.41, 5.74) is 1.21. The van der Waals surface area contributed by atoms with Crippen LogP contribution in [0, 0.1) is 0 Å². The first-order valence-electron chi connectivity index (χ1n) is 8.02. The smallest absolute Gasteiger partial charge is 0.405 e. The zero-order valence-electron chi connectivity index (χ0n) is 14.7. The molecule has 0 radical (unpaired) electrons. The second kappa shape index (κ2) is 8.59. The van der Waals surface area contributed by atoms with Crippen LogP contribution < -0.4 is 15.4 Å². The number of aromatic nitrogens is 1. The van der Waals surface area contributed by atoms with Crippen LogP contribution in [-0.4, -0.2) is 24.5 Å². The fourth-order valence-electron chi connectivity index (χ4n) is 2.13. The number of hydrogen-bond acceptors (Lipinski definition) is 4. The first-order chi connectivity index (χ1) is 12.3. The van der Waals surface area contributed by atoms with Crippen LogP contribution in [0.4, 0.5) is 13.2 Å². The fourth-order valence-corrected chi connectivity index (χ4v) is 2.13. The predicted molar refractivity (Wildman–Crippen MR) is 90.8 cm³/mol. The molecule has 6 nitrogen and oxygen atoms in total. The Morgan fingerprint density at radius 1 is 1.23 bits per heavy atom. The van der Waals surface area contributed by atoms with Gasteiger partial charge in [-0.15, -0.1) is 13.2 Å². The van der Waals surface area contributed by atoms with E-state index in [0.29, 0.717) is 23.8 Å². The molecule has 142 valence electrons. The number of nitrogens with one attached hydrogen (secondary N) is 2. The summed E-state index contributed by atoms with van der Waals surface area (Å²) in [7, 11) is 1.56. The van der Waals surface area contributed by atoms with E-state index in [9.17, 15) is 13.2 Å². The van der Waals surface area contributed by atoms with Crippen molar-refractivity contribution in [2.24, 2.45) is 4.99 Å². The van der Waals surface area contributed by atoms with Gasteiger partial charge in [-0.1, -0.05) is 37.2 Å². The minimum absolute atomic E-state index is 0.111. The number of halogens is 3. The number of aliphatic imine (C=N–C) groups is 1. The highest BCUT2D eigenvalue weighted by Gasteiger charge is 2.31. The van der Waals surface area contributed by atoms with Gasteiger partial charge in [0, 0.05) is 25.2 Å². The maximum absolute atomic E-state index is 12.5. The molecule has 0 spiro atoms. The molecule has 9 heteroatoms. The lowest BCUT2D eigenvalue weighted by Gasteiger charge is -2.15. The summed E-state index contributed by atoms with van der Waals surface area (Å²) in [6, 6.07) is 7.78. The summed E-state index contributed by atoms with van der Waals surface area (Å²) in [4.78, 5) is 4.03. The van der Waals surface area contributed by atoms with Crippen molar-refractivity contribution in [3.05, 3.63) is 47.3 Å². The van der Waals surface area contributed by atoms with Crippen molar-refractivity contribution in [1.82, 2.24) is 15.8 Å². The third-order valence-electron chi connectivity index (χ3n) is 3.47. The molecule has 0 saturated heterocycles. The highest BCUT2D eigenvalue weighted by Crippen LogP contribution is 2.26. The standard InChI is InChI=1S/C17H21F3N4O2/c1-11(2)14-8-13(26-24-14)10-23-16(21-3)22-9-12-6-4-5-7-15(12)25-17(18,19)20/h4-8,11H,9-10H2,1-3H3,(H2,21,22,23). The largest absolute Gasteiger partial charge is 0.573 e. The van der Waals surface area contributed by atoms with Gasteiger partial charge in [0.25, 0.3) is 0 Å². The molecule has 0 atom stereocenters.